The van der Waals surface area contributed by atoms with E-state index in [2.05, 4.69) is 0 Å². The minimum Gasteiger partial charge on any atom is -0.488 e. The second kappa shape index (κ2) is 8.25. The molecule has 28 heavy (non-hydrogen) atoms. The summed E-state index contributed by atoms with van der Waals surface area (Å²) in [6, 6.07) is 21.3. The highest BCUT2D eigenvalue weighted by Gasteiger charge is 2.35. The van der Waals surface area contributed by atoms with Crippen molar-refractivity contribution in [3.8, 4) is 5.75 Å². The van der Waals surface area contributed by atoms with Crippen molar-refractivity contribution in [1.29, 1.82) is 0 Å². The molecule has 6 heteroatoms. The Labute approximate surface area is 172 Å². The Balaban J connectivity index is 1.62. The van der Waals surface area contributed by atoms with Gasteiger partial charge < -0.3 is 4.74 Å². The molecule has 1 saturated heterocycles. The number of hydrogen-bond acceptors (Lipinski definition) is 3. The van der Waals surface area contributed by atoms with Gasteiger partial charge in [-0.2, -0.15) is 0 Å². The second-order valence-corrected chi connectivity index (χ2v) is 7.83. The number of hydrogen-bond donors (Lipinski definition) is 0. The van der Waals surface area contributed by atoms with Gasteiger partial charge in [-0.25, -0.2) is 4.39 Å². The highest BCUT2D eigenvalue weighted by molar-refractivity contribution is 8.00. The fourth-order valence-electron chi connectivity index (χ4n) is 3.12. The molecule has 0 spiro atoms. The summed E-state index contributed by atoms with van der Waals surface area (Å²) in [7, 11) is 0. The molecule has 0 radical (unpaired) electrons. The fraction of sp³-hybridized carbons (Fsp3) is 0.136. The molecule has 0 aromatic heterocycles. The molecule has 1 heterocycles. The second-order valence-electron chi connectivity index (χ2n) is 6.32. The number of thioether (sulfide) groups is 1. The Morgan fingerprint density at radius 2 is 1.75 bits per heavy atom. The fourth-order valence-corrected chi connectivity index (χ4v) is 4.45. The summed E-state index contributed by atoms with van der Waals surface area (Å²) >= 11 is 7.53. The van der Waals surface area contributed by atoms with Crippen LogP contribution in [0.2, 0.25) is 5.02 Å². The standard InChI is InChI=1S/C22H17ClFNO2S/c23-16-9-11-17(12-10-16)25-21(26)14-28-22(25)18-6-2-4-8-20(18)27-13-15-5-1-3-7-19(15)24/h1-12,22H,13-14H2/t22-/m0/s1. The van der Waals surface area contributed by atoms with Crippen LogP contribution in [0.3, 0.4) is 0 Å². The predicted octanol–water partition coefficient (Wildman–Crippen LogP) is 5.84. The normalized spacial score (nSPS) is 16.4. The van der Waals surface area contributed by atoms with E-state index in [4.69, 9.17) is 16.3 Å². The van der Waals surface area contributed by atoms with Crippen LogP contribution in [0.15, 0.2) is 72.8 Å². The van der Waals surface area contributed by atoms with Crippen molar-refractivity contribution in [2.45, 2.75) is 12.0 Å². The zero-order chi connectivity index (χ0) is 19.5. The summed E-state index contributed by atoms with van der Waals surface area (Å²) in [5.41, 5.74) is 2.15. The minimum absolute atomic E-state index is 0.0289. The molecule has 0 unspecified atom stereocenters. The molecule has 3 nitrogen and oxygen atoms in total. The highest BCUT2D eigenvalue weighted by atomic mass is 35.5. The molecule has 1 aliphatic heterocycles. The lowest BCUT2D eigenvalue weighted by molar-refractivity contribution is -0.115. The first-order valence-corrected chi connectivity index (χ1v) is 10.2. The Morgan fingerprint density at radius 3 is 2.54 bits per heavy atom. The highest BCUT2D eigenvalue weighted by Crippen LogP contribution is 2.45. The lowest BCUT2D eigenvalue weighted by Crippen LogP contribution is -2.28. The van der Waals surface area contributed by atoms with E-state index >= 15 is 0 Å². The predicted molar refractivity (Wildman–Crippen MR) is 111 cm³/mol. The van der Waals surface area contributed by atoms with Gasteiger partial charge in [0.1, 0.15) is 23.5 Å². The van der Waals surface area contributed by atoms with E-state index in [9.17, 15) is 9.18 Å². The number of benzene rings is 3. The summed E-state index contributed by atoms with van der Waals surface area (Å²) in [4.78, 5) is 14.3. The number of anilines is 1. The molecule has 0 saturated carbocycles. The van der Waals surface area contributed by atoms with Gasteiger partial charge in [-0.3, -0.25) is 9.69 Å². The third kappa shape index (κ3) is 3.86. The maximum Gasteiger partial charge on any atom is 0.238 e. The monoisotopic (exact) mass is 413 g/mol. The summed E-state index contributed by atoms with van der Waals surface area (Å²) in [5, 5.41) is 0.402. The van der Waals surface area contributed by atoms with Crippen LogP contribution in [-0.2, 0) is 11.4 Å². The molecule has 1 amide bonds. The van der Waals surface area contributed by atoms with Crippen LogP contribution < -0.4 is 9.64 Å². The van der Waals surface area contributed by atoms with Crippen molar-refractivity contribution in [3.05, 3.63) is 94.8 Å². The number of rotatable bonds is 5. The number of para-hydroxylation sites is 1. The summed E-state index contributed by atoms with van der Waals surface area (Å²) < 4.78 is 19.9. The number of amides is 1. The Hall–Kier alpha value is -2.50. The molecule has 1 atom stereocenters. The average molecular weight is 414 g/mol. The molecular formula is C22H17ClFNO2S. The number of nitrogens with zero attached hydrogens (tertiary/aromatic N) is 1. The summed E-state index contributed by atoms with van der Waals surface area (Å²) in [5.74, 6) is 0.751. The first kappa shape index (κ1) is 18.8. The molecule has 1 fully saturated rings. The maximum atomic E-state index is 13.9. The summed E-state index contributed by atoms with van der Waals surface area (Å²) in [6.07, 6.45) is 0. The van der Waals surface area contributed by atoms with Crippen LogP contribution in [0.5, 0.6) is 5.75 Å². The number of carbonyl (C=O) groups excluding carboxylic acids is 1. The first-order valence-electron chi connectivity index (χ1n) is 8.78. The number of ether oxygens (including phenoxy) is 1. The molecule has 0 N–H and O–H groups in total. The quantitative estimate of drug-likeness (QED) is 0.526. The zero-order valence-corrected chi connectivity index (χ0v) is 16.4. The van der Waals surface area contributed by atoms with Gasteiger partial charge in [-0.1, -0.05) is 48.0 Å². The van der Waals surface area contributed by atoms with Crippen LogP contribution in [-0.4, -0.2) is 11.7 Å². The smallest absolute Gasteiger partial charge is 0.238 e. The molecule has 1 aliphatic rings. The van der Waals surface area contributed by atoms with Gasteiger partial charge in [0.25, 0.3) is 0 Å². The molecule has 142 valence electrons. The van der Waals surface area contributed by atoms with Crippen molar-refractivity contribution in [3.63, 3.8) is 0 Å². The van der Waals surface area contributed by atoms with Crippen LogP contribution >= 0.6 is 23.4 Å². The lowest BCUT2D eigenvalue weighted by atomic mass is 10.1. The van der Waals surface area contributed by atoms with Crippen molar-refractivity contribution in [1.82, 2.24) is 0 Å². The van der Waals surface area contributed by atoms with Crippen molar-refractivity contribution in [2.24, 2.45) is 0 Å². The van der Waals surface area contributed by atoms with Gasteiger partial charge in [0.15, 0.2) is 0 Å². The van der Waals surface area contributed by atoms with Gasteiger partial charge in [-0.05, 0) is 36.4 Å². The van der Waals surface area contributed by atoms with Gasteiger partial charge in [0, 0.05) is 21.8 Å². The molecule has 4 rings (SSSR count). The van der Waals surface area contributed by atoms with Crippen molar-refractivity contribution < 1.29 is 13.9 Å². The van der Waals surface area contributed by atoms with Crippen molar-refractivity contribution >= 4 is 35.0 Å². The van der Waals surface area contributed by atoms with E-state index in [-0.39, 0.29) is 23.7 Å². The Morgan fingerprint density at radius 1 is 1.04 bits per heavy atom. The largest absolute Gasteiger partial charge is 0.488 e. The first-order chi connectivity index (χ1) is 13.6. The molecule has 0 bridgehead atoms. The number of carbonyl (C=O) groups is 1. The molecule has 3 aromatic carbocycles. The van der Waals surface area contributed by atoms with E-state index in [1.165, 1.54) is 17.8 Å². The van der Waals surface area contributed by atoms with E-state index in [1.807, 2.05) is 36.4 Å². The SMILES string of the molecule is O=C1CS[C@@H](c2ccccc2OCc2ccccc2F)N1c1ccc(Cl)cc1. The van der Waals surface area contributed by atoms with Crippen LogP contribution in [0.25, 0.3) is 0 Å². The van der Waals surface area contributed by atoms with Gasteiger partial charge in [0.2, 0.25) is 5.91 Å². The molecular weight excluding hydrogens is 397 g/mol. The topological polar surface area (TPSA) is 29.5 Å². The van der Waals surface area contributed by atoms with E-state index in [0.29, 0.717) is 22.1 Å². The molecule has 3 aromatic rings. The van der Waals surface area contributed by atoms with Crippen LogP contribution in [0, 0.1) is 5.82 Å². The Kier molecular flexibility index (Phi) is 5.55. The van der Waals surface area contributed by atoms with Gasteiger partial charge >= 0.3 is 0 Å². The zero-order valence-electron chi connectivity index (χ0n) is 14.8. The van der Waals surface area contributed by atoms with Crippen LogP contribution in [0.1, 0.15) is 16.5 Å². The third-order valence-corrected chi connectivity index (χ3v) is 5.94. The van der Waals surface area contributed by atoms with Crippen LogP contribution in [0.4, 0.5) is 10.1 Å². The van der Waals surface area contributed by atoms with E-state index < -0.39 is 0 Å². The molecule has 0 aliphatic carbocycles. The van der Waals surface area contributed by atoms with E-state index in [0.717, 1.165) is 11.3 Å². The number of halogens is 2. The van der Waals surface area contributed by atoms with Gasteiger partial charge in [0.05, 0.1) is 5.75 Å². The Bertz CT molecular complexity index is 996. The maximum absolute atomic E-state index is 13.9. The third-order valence-electron chi connectivity index (χ3n) is 4.50. The average Bonchev–Trinajstić information content (AvgIpc) is 3.09. The minimum atomic E-state index is -0.298. The van der Waals surface area contributed by atoms with Crippen molar-refractivity contribution in [2.75, 3.05) is 10.7 Å². The van der Waals surface area contributed by atoms with E-state index in [1.54, 1.807) is 35.2 Å². The summed E-state index contributed by atoms with van der Waals surface area (Å²) in [6.45, 7) is 0.121. The van der Waals surface area contributed by atoms with Gasteiger partial charge in [-0.15, -0.1) is 11.8 Å². The lowest BCUT2D eigenvalue weighted by Gasteiger charge is -2.26.